The Bertz CT molecular complexity index is 229. The molecule has 0 saturated heterocycles. The summed E-state index contributed by atoms with van der Waals surface area (Å²) in [7, 11) is 0.628. The molecular weight excluding hydrogens is 429 g/mol. The van der Waals surface area contributed by atoms with Crippen LogP contribution in [0.2, 0.25) is 0 Å². The Morgan fingerprint density at radius 3 is 1.08 bits per heavy atom. The second-order valence-electron chi connectivity index (χ2n) is 2.63. The van der Waals surface area contributed by atoms with Gasteiger partial charge in [-0.05, 0) is 27.7 Å². The van der Waals surface area contributed by atoms with Gasteiger partial charge in [0.1, 0.15) is 0 Å². The Balaban J connectivity index is 0.000000424. The number of nitrogens with zero attached hydrogens (tertiary/aromatic N) is 2. The van der Waals surface area contributed by atoms with Gasteiger partial charge in [-0.25, -0.2) is 0 Å². The molecule has 0 radical (unpaired) electrons. The van der Waals surface area contributed by atoms with E-state index in [0.717, 1.165) is 22.8 Å². The molecule has 0 bridgehead atoms. The van der Waals surface area contributed by atoms with Gasteiger partial charge in [-0.1, -0.05) is 0 Å². The van der Waals surface area contributed by atoms with E-state index in [0.29, 0.717) is 9.47 Å². The molecule has 0 aliphatic rings. The van der Waals surface area contributed by atoms with Gasteiger partial charge in [0.25, 0.3) is 0 Å². The van der Waals surface area contributed by atoms with Crippen LogP contribution in [0.3, 0.4) is 0 Å². The Labute approximate surface area is 109 Å². The van der Waals surface area contributed by atoms with Gasteiger partial charge in [-0.2, -0.15) is 0 Å². The number of aromatic nitrogens is 2. The third kappa shape index (κ3) is 5.54. The van der Waals surface area contributed by atoms with E-state index in [1.165, 1.54) is 0 Å². The fourth-order valence-corrected chi connectivity index (χ4v) is 0.827. The van der Waals surface area contributed by atoms with Gasteiger partial charge in [-0.3, -0.25) is 9.97 Å². The van der Waals surface area contributed by atoms with E-state index in [2.05, 4.69) is 49.9 Å². The molecule has 1 aromatic heterocycles. The van der Waals surface area contributed by atoms with Crippen LogP contribution in [0, 0.1) is 27.7 Å². The van der Waals surface area contributed by atoms with Crippen molar-refractivity contribution >= 4 is 40.0 Å². The Morgan fingerprint density at radius 2 is 0.923 bits per heavy atom. The molecule has 0 aliphatic heterocycles. The maximum atomic E-state index is 4.31. The molecule has 73 valence electrons. The minimum atomic E-state index is 0.628. The number of rotatable bonds is 0. The van der Waals surface area contributed by atoms with E-state index in [1.807, 2.05) is 27.7 Å². The Hall–Kier alpha value is 1.12. The summed E-state index contributed by atoms with van der Waals surface area (Å²) in [5, 5.41) is 0. The average molecular weight is 441 g/mol. The van der Waals surface area contributed by atoms with E-state index in [4.69, 9.17) is 0 Å². The van der Waals surface area contributed by atoms with Crippen molar-refractivity contribution in [1.82, 2.24) is 9.97 Å². The van der Waals surface area contributed by atoms with Crippen molar-refractivity contribution in [1.29, 1.82) is 0 Å². The second kappa shape index (κ2) is 7.42. The first-order valence-corrected chi connectivity index (χ1v) is 12.7. The molecule has 0 spiro atoms. The average Bonchev–Trinajstić information content (AvgIpc) is 2.03. The zero-order valence-corrected chi connectivity index (χ0v) is 13.8. The van der Waals surface area contributed by atoms with Crippen molar-refractivity contribution in [3.05, 3.63) is 22.8 Å². The molecule has 1 heterocycles. The molecule has 0 aliphatic carbocycles. The number of aryl methyl sites for hydroxylation is 4. The van der Waals surface area contributed by atoms with Crippen LogP contribution in [-0.4, -0.2) is 9.97 Å². The van der Waals surface area contributed by atoms with Crippen LogP contribution in [0.4, 0.5) is 0 Å². The van der Waals surface area contributed by atoms with Crippen LogP contribution in [0.25, 0.3) is 0 Å². The van der Waals surface area contributed by atoms with Gasteiger partial charge in [0.2, 0.25) is 0 Å². The molecule has 1 aromatic rings. The van der Waals surface area contributed by atoms with Crippen molar-refractivity contribution in [2.75, 3.05) is 0 Å². The van der Waals surface area contributed by atoms with Gasteiger partial charge in [0, 0.05) is 0 Å². The van der Waals surface area contributed by atoms with Crippen molar-refractivity contribution < 1.29 is 9.47 Å². The van der Waals surface area contributed by atoms with E-state index in [1.54, 1.807) is 0 Å². The summed E-state index contributed by atoms with van der Waals surface area (Å²) >= 11 is 4.74. The zero-order valence-electron chi connectivity index (χ0n) is 8.10. The summed E-state index contributed by atoms with van der Waals surface area (Å²) < 4.78 is 0. The van der Waals surface area contributed by atoms with Crippen molar-refractivity contribution in [3.63, 3.8) is 0 Å². The molecule has 0 aromatic carbocycles. The fraction of sp³-hybridized carbons (Fsp3) is 0.500. The molecule has 0 N–H and O–H groups in total. The normalized spacial score (nSPS) is 8.77. The van der Waals surface area contributed by atoms with Crippen LogP contribution >= 0.6 is 40.0 Å². The quantitative estimate of drug-likeness (QED) is 0.577. The Morgan fingerprint density at radius 1 is 0.769 bits per heavy atom. The zero-order chi connectivity index (χ0) is 10.4. The summed E-state index contributed by atoms with van der Waals surface area (Å²) in [5.41, 5.74) is 4.12. The molecule has 0 saturated carbocycles. The monoisotopic (exact) mass is 441 g/mol. The van der Waals surface area contributed by atoms with Crippen molar-refractivity contribution in [2.24, 2.45) is 0 Å². The minimum absolute atomic E-state index is 0.628. The fourth-order valence-electron chi connectivity index (χ4n) is 0.827. The van der Waals surface area contributed by atoms with Crippen LogP contribution in [-0.2, 0) is 9.47 Å². The maximum absolute atomic E-state index is 4.31. The van der Waals surface area contributed by atoms with Gasteiger partial charge < -0.3 is 0 Å². The molecule has 0 amide bonds. The van der Waals surface area contributed by atoms with Crippen LogP contribution < -0.4 is 0 Å². The third-order valence-electron chi connectivity index (χ3n) is 1.72. The molecule has 5 heteroatoms. The molecular formula is C8H12I2N2V. The molecule has 13 heavy (non-hydrogen) atoms. The van der Waals surface area contributed by atoms with Gasteiger partial charge in [0.05, 0.1) is 22.8 Å². The van der Waals surface area contributed by atoms with Crippen LogP contribution in [0.1, 0.15) is 22.8 Å². The third-order valence-corrected chi connectivity index (χ3v) is 1.72. The van der Waals surface area contributed by atoms with Gasteiger partial charge in [0.15, 0.2) is 0 Å². The summed E-state index contributed by atoms with van der Waals surface area (Å²) in [6.45, 7) is 7.92. The first-order valence-electron chi connectivity index (χ1n) is 3.73. The summed E-state index contributed by atoms with van der Waals surface area (Å²) in [5.74, 6) is 0. The van der Waals surface area contributed by atoms with Crippen molar-refractivity contribution in [2.45, 2.75) is 27.7 Å². The second-order valence-corrected chi connectivity index (χ2v) is 14.4. The molecule has 0 unspecified atom stereocenters. The van der Waals surface area contributed by atoms with E-state index < -0.39 is 0 Å². The number of hydrogen-bond donors (Lipinski definition) is 0. The predicted molar refractivity (Wildman–Crippen MR) is 69.0 cm³/mol. The standard InChI is InChI=1S/C8H12N2.2HI.V/c1-5-6(2)10-8(4)7(3)9-5;;;/h1-4H3;2*1H;/q;;;+2/p-2. The first-order chi connectivity index (χ1) is 6.02. The Kier molecular flexibility index (Phi) is 8.06. The molecule has 0 atom stereocenters. The van der Waals surface area contributed by atoms with E-state index in [9.17, 15) is 0 Å². The summed E-state index contributed by atoms with van der Waals surface area (Å²) in [6, 6.07) is 0. The molecule has 0 fully saturated rings. The van der Waals surface area contributed by atoms with E-state index >= 15 is 0 Å². The molecule has 1 rings (SSSR count). The summed E-state index contributed by atoms with van der Waals surface area (Å²) in [6.07, 6.45) is 0. The number of hydrogen-bond acceptors (Lipinski definition) is 2. The SMILES string of the molecule is Cc1nc(C)c(C)nc1C.[I][V][I]. The summed E-state index contributed by atoms with van der Waals surface area (Å²) in [4.78, 5) is 8.62. The van der Waals surface area contributed by atoms with Crippen LogP contribution in [0.5, 0.6) is 0 Å². The predicted octanol–water partition coefficient (Wildman–Crippen LogP) is 3.48. The first kappa shape index (κ1) is 14.1. The van der Waals surface area contributed by atoms with E-state index in [-0.39, 0.29) is 0 Å². The number of halogens is 2. The van der Waals surface area contributed by atoms with Crippen LogP contribution in [0.15, 0.2) is 0 Å². The molecule has 2 nitrogen and oxygen atoms in total. The topological polar surface area (TPSA) is 25.8 Å². The van der Waals surface area contributed by atoms with Gasteiger partial charge in [-0.15, -0.1) is 0 Å². The van der Waals surface area contributed by atoms with Crippen molar-refractivity contribution in [3.8, 4) is 0 Å². The van der Waals surface area contributed by atoms with Gasteiger partial charge >= 0.3 is 49.4 Å².